The van der Waals surface area contributed by atoms with Crippen LogP contribution in [0.2, 0.25) is 0 Å². The van der Waals surface area contributed by atoms with E-state index in [2.05, 4.69) is 45.0 Å². The number of imidazole rings is 1. The first-order valence-corrected chi connectivity index (χ1v) is 20.0. The molecular weight excluding hydrogens is 825 g/mol. The summed E-state index contributed by atoms with van der Waals surface area (Å²) >= 11 is 0.731. The second kappa shape index (κ2) is 17.1. The average Bonchev–Trinajstić information content (AvgIpc) is 3.55. The molecule has 6 aromatic rings. The maximum absolute atomic E-state index is 12.4. The Kier molecular flexibility index (Phi) is 12.2. The van der Waals surface area contributed by atoms with E-state index >= 15 is 0 Å². The molecule has 0 spiro atoms. The second-order valence-corrected chi connectivity index (χ2v) is 15.7. The van der Waals surface area contributed by atoms with Gasteiger partial charge in [0.15, 0.2) is 5.65 Å². The fraction of sp³-hybridized carbons (Fsp3) is 0.118. The van der Waals surface area contributed by atoms with Gasteiger partial charge in [-0.3, -0.25) is 13.5 Å². The molecule has 300 valence electrons. The lowest BCUT2D eigenvalue weighted by Gasteiger charge is -2.12. The third-order valence-electron chi connectivity index (χ3n) is 8.05. The van der Waals surface area contributed by atoms with E-state index in [9.17, 15) is 40.9 Å². The Morgan fingerprint density at radius 3 is 2.19 bits per heavy atom. The van der Waals surface area contributed by atoms with E-state index in [0.29, 0.717) is 27.2 Å². The number of para-hydroxylation sites is 2. The molecule has 24 heteroatoms. The van der Waals surface area contributed by atoms with E-state index in [4.69, 9.17) is 9.99 Å². The van der Waals surface area contributed by atoms with Crippen LogP contribution in [-0.2, 0) is 29.6 Å². The third kappa shape index (κ3) is 9.47. The summed E-state index contributed by atoms with van der Waals surface area (Å²) in [4.78, 5) is 16.6. The average molecular weight is 853 g/mol. The van der Waals surface area contributed by atoms with Gasteiger partial charge in [0.05, 0.1) is 40.1 Å². The zero-order chi connectivity index (χ0) is 41.8. The number of benzene rings is 4. The van der Waals surface area contributed by atoms with Gasteiger partial charge in [-0.15, -0.1) is 19.7 Å². The summed E-state index contributed by atoms with van der Waals surface area (Å²) in [5.74, 6) is -2.78. The van der Waals surface area contributed by atoms with Crippen molar-refractivity contribution in [1.82, 2.24) is 9.38 Å². The molecule has 0 unspecified atom stereocenters. The van der Waals surface area contributed by atoms with Crippen LogP contribution < -0.4 is 4.74 Å². The number of carboxylic acids is 1. The van der Waals surface area contributed by atoms with Gasteiger partial charge in [0, 0.05) is 16.5 Å². The molecule has 0 atom stereocenters. The third-order valence-corrected chi connectivity index (χ3v) is 10.2. The molecule has 0 aliphatic heterocycles. The van der Waals surface area contributed by atoms with Crippen molar-refractivity contribution < 1.29 is 60.3 Å². The Balaban J connectivity index is 1.36. The highest BCUT2D eigenvalue weighted by Gasteiger charge is 2.25. The van der Waals surface area contributed by atoms with E-state index in [1.807, 2.05) is 0 Å². The van der Waals surface area contributed by atoms with Gasteiger partial charge in [0.25, 0.3) is 20.2 Å². The van der Waals surface area contributed by atoms with E-state index in [1.165, 1.54) is 35.6 Å². The fourth-order valence-electron chi connectivity index (χ4n) is 5.37. The van der Waals surface area contributed by atoms with Crippen LogP contribution in [0.15, 0.2) is 119 Å². The van der Waals surface area contributed by atoms with Crippen LogP contribution in [0.4, 0.5) is 34.1 Å². The van der Waals surface area contributed by atoms with E-state index in [-0.39, 0.29) is 51.0 Å². The number of aryl methyl sites for hydroxylation is 1. The van der Waals surface area contributed by atoms with Crippen molar-refractivity contribution in [3.05, 3.63) is 95.6 Å². The van der Waals surface area contributed by atoms with E-state index < -0.39 is 49.3 Å². The summed E-state index contributed by atoms with van der Waals surface area (Å²) in [6.07, 6.45) is 0. The summed E-state index contributed by atoms with van der Waals surface area (Å²) in [5, 5.41) is 57.7. The number of hydrogen-bond acceptors (Lipinski definition) is 18. The molecule has 21 nitrogen and oxygen atoms in total. The van der Waals surface area contributed by atoms with Gasteiger partial charge < -0.3 is 14.9 Å². The maximum Gasteiger partial charge on any atom is 0.339 e. The number of aromatic nitrogens is 2. The molecule has 58 heavy (non-hydrogen) atoms. The van der Waals surface area contributed by atoms with Crippen LogP contribution in [0.5, 0.6) is 11.6 Å². The summed E-state index contributed by atoms with van der Waals surface area (Å²) in [5.41, 5.74) is 0.798. The van der Waals surface area contributed by atoms with Crippen molar-refractivity contribution >= 4 is 89.1 Å². The molecule has 0 bridgehead atoms. The molecule has 5 N–H and O–H groups in total. The van der Waals surface area contributed by atoms with E-state index in [1.54, 1.807) is 55.5 Å². The van der Waals surface area contributed by atoms with Gasteiger partial charge in [0.1, 0.15) is 45.6 Å². The molecule has 2 aromatic heterocycles. The Bertz CT molecular complexity index is 2880. The smallest absolute Gasteiger partial charge is 0.339 e. The number of hydrogen-bond donors (Lipinski definition) is 5. The number of azo groups is 3. The molecule has 0 aliphatic rings. The monoisotopic (exact) mass is 852 g/mol. The van der Waals surface area contributed by atoms with Crippen molar-refractivity contribution in [2.75, 3.05) is 12.4 Å². The Labute approximate surface area is 331 Å². The van der Waals surface area contributed by atoms with Crippen molar-refractivity contribution in [3.63, 3.8) is 0 Å². The lowest BCUT2D eigenvalue weighted by atomic mass is 10.1. The molecule has 4 aromatic carbocycles. The first-order chi connectivity index (χ1) is 27.5. The summed E-state index contributed by atoms with van der Waals surface area (Å²) < 4.78 is 78.1. The number of fused-ring (bicyclic) bond motifs is 3. The number of carboxylic acid groups (broad SMARTS) is 1. The number of carbonyl (C=O) groups is 1. The zero-order valence-corrected chi connectivity index (χ0v) is 32.2. The van der Waals surface area contributed by atoms with Crippen molar-refractivity contribution in [2.24, 2.45) is 30.7 Å². The first kappa shape index (κ1) is 41.4. The van der Waals surface area contributed by atoms with Crippen LogP contribution in [0.1, 0.15) is 21.5 Å². The second-order valence-electron chi connectivity index (χ2n) is 11.9. The number of rotatable bonds is 15. The van der Waals surface area contributed by atoms with Gasteiger partial charge in [-0.1, -0.05) is 17.2 Å². The SMILES string of the molecule is Cc1cc(N=Nc2c(C)c(C(=O)O)c3nc4ccccc4n3c2O)c(OCCS(=O)(=O)O)cc1N=Nc1ccc(N=Nc2ccc(SOOO)cc2)cc1S(=O)(=O)O. The zero-order valence-electron chi connectivity index (χ0n) is 29.7. The molecule has 0 saturated heterocycles. The van der Waals surface area contributed by atoms with Crippen molar-refractivity contribution in [2.45, 2.75) is 23.6 Å². The van der Waals surface area contributed by atoms with Crippen molar-refractivity contribution in [3.8, 4) is 11.6 Å². The number of aromatic carboxylic acids is 1. The lowest BCUT2D eigenvalue weighted by Crippen LogP contribution is -2.12. The number of aromatic hydroxyl groups is 1. The topological polar surface area (TPSA) is 306 Å². The standard InChI is InChI=1S/C34H28N8O13S3/c1-18-15-26(40-41-31-19(2)30(34(44)45)32-35-23-5-3-4-6-27(23)42(32)33(31)43)28(53-13-14-57(47,48)49)17-25(18)39-38-24-12-9-21(16-29(24)58(50,51)52)37-36-20-7-10-22(11-8-20)56-55-54-46/h3-12,15-17,43,46H,13-14H2,1-2H3,(H,44,45)(H,47,48,49)(H,50,51,52). The predicted octanol–water partition coefficient (Wildman–Crippen LogP) is 8.70. The molecule has 2 heterocycles. The molecule has 0 fully saturated rings. The van der Waals surface area contributed by atoms with Gasteiger partial charge in [-0.25, -0.2) is 15.0 Å². The van der Waals surface area contributed by atoms with E-state index in [0.717, 1.165) is 18.1 Å². The largest absolute Gasteiger partial charge is 0.493 e. The lowest BCUT2D eigenvalue weighted by molar-refractivity contribution is -0.432. The van der Waals surface area contributed by atoms with Crippen LogP contribution in [0, 0.1) is 13.8 Å². The molecular formula is C34H28N8O13S3. The minimum Gasteiger partial charge on any atom is -0.493 e. The fourth-order valence-corrected chi connectivity index (χ4v) is 6.66. The van der Waals surface area contributed by atoms with Gasteiger partial charge in [0.2, 0.25) is 5.88 Å². The van der Waals surface area contributed by atoms with Crippen LogP contribution in [-0.4, -0.2) is 69.1 Å². The summed E-state index contributed by atoms with van der Waals surface area (Å²) in [6, 6.07) is 19.2. The highest BCUT2D eigenvalue weighted by Crippen LogP contribution is 2.41. The minimum atomic E-state index is -4.88. The molecule has 0 aliphatic carbocycles. The molecule has 6 rings (SSSR count). The quantitative estimate of drug-likeness (QED) is 0.0212. The van der Waals surface area contributed by atoms with Gasteiger partial charge in [-0.05, 0) is 80.1 Å². The summed E-state index contributed by atoms with van der Waals surface area (Å²) in [7, 11) is -9.34. The van der Waals surface area contributed by atoms with Crippen LogP contribution in [0.3, 0.4) is 0 Å². The predicted molar refractivity (Wildman–Crippen MR) is 205 cm³/mol. The van der Waals surface area contributed by atoms with Crippen LogP contribution in [0.25, 0.3) is 16.7 Å². The highest BCUT2D eigenvalue weighted by molar-refractivity contribution is 7.94. The first-order valence-electron chi connectivity index (χ1n) is 16.2. The van der Waals surface area contributed by atoms with Crippen molar-refractivity contribution in [1.29, 1.82) is 0 Å². The normalized spacial score (nSPS) is 12.5. The van der Waals surface area contributed by atoms with Gasteiger partial charge >= 0.3 is 5.97 Å². The molecule has 0 radical (unpaired) electrons. The van der Waals surface area contributed by atoms with Crippen LogP contribution >= 0.6 is 12.0 Å². The molecule has 0 amide bonds. The highest BCUT2D eigenvalue weighted by atomic mass is 32.2. The Morgan fingerprint density at radius 1 is 0.828 bits per heavy atom. The maximum atomic E-state index is 12.4. The number of pyridine rings is 1. The number of ether oxygens (including phenoxy) is 1. The minimum absolute atomic E-state index is 0.0253. The number of nitrogens with zero attached hydrogens (tertiary/aromatic N) is 8. The summed E-state index contributed by atoms with van der Waals surface area (Å²) in [6.45, 7) is 2.41. The Hall–Kier alpha value is -6.25. The van der Waals surface area contributed by atoms with Gasteiger partial charge in [-0.2, -0.15) is 32.2 Å². The Morgan fingerprint density at radius 2 is 1.50 bits per heavy atom. The molecule has 0 saturated carbocycles.